The highest BCUT2D eigenvalue weighted by Crippen LogP contribution is 2.28. The minimum absolute atomic E-state index is 0.865. The van der Waals surface area contributed by atoms with Crippen LogP contribution in [-0.2, 0) is 0 Å². The van der Waals surface area contributed by atoms with Gasteiger partial charge in [0.25, 0.3) is 0 Å². The van der Waals surface area contributed by atoms with E-state index in [1.807, 2.05) is 0 Å². The summed E-state index contributed by atoms with van der Waals surface area (Å²) in [4.78, 5) is 0. The lowest BCUT2D eigenvalue weighted by atomic mass is 9.82. The van der Waals surface area contributed by atoms with E-state index in [1.54, 1.807) is 0 Å². The average Bonchev–Trinajstić information content (AvgIpc) is 2.42. The van der Waals surface area contributed by atoms with Crippen molar-refractivity contribution in [2.75, 3.05) is 6.54 Å². The molecule has 0 heterocycles. The monoisotopic (exact) mass is 269 g/mol. The van der Waals surface area contributed by atoms with E-state index >= 15 is 0 Å². The predicted octanol–water partition coefficient (Wildman–Crippen LogP) is 5.92. The summed E-state index contributed by atoms with van der Waals surface area (Å²) in [6, 6.07) is 0. The van der Waals surface area contributed by atoms with Gasteiger partial charge >= 0.3 is 0 Å². The van der Waals surface area contributed by atoms with Gasteiger partial charge in [0.2, 0.25) is 0 Å². The zero-order valence-electron chi connectivity index (χ0n) is 13.9. The fraction of sp³-hybridized carbons (Fsp3) is 1.00. The topological polar surface area (TPSA) is 26.0 Å². The third-order valence-electron chi connectivity index (χ3n) is 4.51. The van der Waals surface area contributed by atoms with Gasteiger partial charge in [0, 0.05) is 0 Å². The summed E-state index contributed by atoms with van der Waals surface area (Å²) in [5, 5.41) is 0. The van der Waals surface area contributed by atoms with Crippen LogP contribution in [0, 0.1) is 11.8 Å². The van der Waals surface area contributed by atoms with Crippen LogP contribution in [-0.4, -0.2) is 6.54 Å². The summed E-state index contributed by atoms with van der Waals surface area (Å²) in [6.07, 6.45) is 16.7. The Morgan fingerprint density at radius 2 is 1.32 bits per heavy atom. The zero-order chi connectivity index (χ0) is 14.3. The van der Waals surface area contributed by atoms with Gasteiger partial charge in [0.15, 0.2) is 0 Å². The van der Waals surface area contributed by atoms with Crippen LogP contribution < -0.4 is 5.73 Å². The smallest absolute Gasteiger partial charge is 0.00773 e. The van der Waals surface area contributed by atoms with Crippen LogP contribution in [0.5, 0.6) is 0 Å². The Hall–Kier alpha value is -0.0400. The van der Waals surface area contributed by atoms with Gasteiger partial charge in [0.05, 0.1) is 0 Å². The molecule has 0 rings (SSSR count). The van der Waals surface area contributed by atoms with Crippen molar-refractivity contribution in [3.63, 3.8) is 0 Å². The van der Waals surface area contributed by atoms with Crippen LogP contribution in [0.1, 0.15) is 97.8 Å². The molecule has 0 saturated heterocycles. The number of hydrogen-bond acceptors (Lipinski definition) is 1. The average molecular weight is 270 g/mol. The molecule has 2 atom stereocenters. The summed E-state index contributed by atoms with van der Waals surface area (Å²) < 4.78 is 0. The van der Waals surface area contributed by atoms with Gasteiger partial charge in [-0.2, -0.15) is 0 Å². The molecule has 0 aliphatic carbocycles. The molecule has 0 amide bonds. The molecule has 0 aromatic heterocycles. The molecule has 0 bridgehead atoms. The van der Waals surface area contributed by atoms with Gasteiger partial charge in [-0.3, -0.25) is 0 Å². The van der Waals surface area contributed by atoms with E-state index in [2.05, 4.69) is 20.8 Å². The van der Waals surface area contributed by atoms with Crippen LogP contribution in [0.3, 0.4) is 0 Å². The SMILES string of the molecule is CCCCCCCC(CCC)C(C)CCCCCN. The molecule has 1 heteroatoms. The fourth-order valence-corrected chi connectivity index (χ4v) is 3.12. The van der Waals surface area contributed by atoms with E-state index in [0.717, 1.165) is 18.4 Å². The lowest BCUT2D eigenvalue weighted by Gasteiger charge is -2.23. The second-order valence-corrected chi connectivity index (χ2v) is 6.37. The summed E-state index contributed by atoms with van der Waals surface area (Å²) in [6.45, 7) is 7.98. The third-order valence-corrected chi connectivity index (χ3v) is 4.51. The lowest BCUT2D eigenvalue weighted by molar-refractivity contribution is 0.281. The highest BCUT2D eigenvalue weighted by atomic mass is 14.5. The lowest BCUT2D eigenvalue weighted by Crippen LogP contribution is -2.12. The molecule has 0 aromatic rings. The molecule has 0 aromatic carbocycles. The second-order valence-electron chi connectivity index (χ2n) is 6.37. The van der Waals surface area contributed by atoms with Crippen molar-refractivity contribution < 1.29 is 0 Å². The van der Waals surface area contributed by atoms with Crippen molar-refractivity contribution in [3.8, 4) is 0 Å². The molecule has 0 saturated carbocycles. The maximum absolute atomic E-state index is 5.56. The highest BCUT2D eigenvalue weighted by Gasteiger charge is 2.15. The molecule has 0 spiro atoms. The van der Waals surface area contributed by atoms with Crippen LogP contribution in [0.2, 0.25) is 0 Å². The molecule has 0 aliphatic heterocycles. The first kappa shape index (κ1) is 19.0. The predicted molar refractivity (Wildman–Crippen MR) is 88.5 cm³/mol. The largest absolute Gasteiger partial charge is 0.330 e. The first-order valence-corrected chi connectivity index (χ1v) is 8.96. The summed E-state index contributed by atoms with van der Waals surface area (Å²) in [5.41, 5.74) is 5.56. The molecule has 1 nitrogen and oxygen atoms in total. The Bertz CT molecular complexity index is 167. The molecular weight excluding hydrogens is 230 g/mol. The van der Waals surface area contributed by atoms with Gasteiger partial charge < -0.3 is 5.73 Å². The highest BCUT2D eigenvalue weighted by molar-refractivity contribution is 4.67. The van der Waals surface area contributed by atoms with E-state index in [4.69, 9.17) is 5.73 Å². The zero-order valence-corrected chi connectivity index (χ0v) is 13.9. The fourth-order valence-electron chi connectivity index (χ4n) is 3.12. The van der Waals surface area contributed by atoms with Gasteiger partial charge in [0.1, 0.15) is 0 Å². The molecular formula is C18H39N. The van der Waals surface area contributed by atoms with Crippen molar-refractivity contribution in [1.82, 2.24) is 0 Å². The molecule has 2 N–H and O–H groups in total. The minimum Gasteiger partial charge on any atom is -0.330 e. The standard InChI is InChI=1S/C18H39N/c1-4-6-7-8-11-15-18(13-5-2)17(3)14-10-9-12-16-19/h17-18H,4-16,19H2,1-3H3. The molecule has 2 unspecified atom stereocenters. The summed E-state index contributed by atoms with van der Waals surface area (Å²) >= 11 is 0. The first-order chi connectivity index (χ1) is 9.26. The molecule has 0 aliphatic rings. The number of unbranched alkanes of at least 4 members (excludes halogenated alkanes) is 6. The minimum atomic E-state index is 0.865. The van der Waals surface area contributed by atoms with Gasteiger partial charge in [-0.1, -0.05) is 91.4 Å². The van der Waals surface area contributed by atoms with Crippen LogP contribution in [0.4, 0.5) is 0 Å². The molecule has 0 fully saturated rings. The molecule has 19 heavy (non-hydrogen) atoms. The van der Waals surface area contributed by atoms with E-state index in [1.165, 1.54) is 77.0 Å². The summed E-state index contributed by atoms with van der Waals surface area (Å²) in [5.74, 6) is 1.90. The number of rotatable bonds is 14. The molecule has 116 valence electrons. The summed E-state index contributed by atoms with van der Waals surface area (Å²) in [7, 11) is 0. The number of nitrogens with two attached hydrogens (primary N) is 1. The molecule has 0 radical (unpaired) electrons. The van der Waals surface area contributed by atoms with Crippen LogP contribution >= 0.6 is 0 Å². The van der Waals surface area contributed by atoms with Crippen molar-refractivity contribution in [2.24, 2.45) is 17.6 Å². The van der Waals surface area contributed by atoms with Crippen molar-refractivity contribution in [2.45, 2.75) is 97.8 Å². The van der Waals surface area contributed by atoms with Gasteiger partial charge in [-0.25, -0.2) is 0 Å². The Morgan fingerprint density at radius 1 is 0.684 bits per heavy atom. The Labute approximate surface area is 122 Å². The number of hydrogen-bond donors (Lipinski definition) is 1. The van der Waals surface area contributed by atoms with E-state index in [-0.39, 0.29) is 0 Å². The van der Waals surface area contributed by atoms with Crippen LogP contribution in [0.25, 0.3) is 0 Å². The van der Waals surface area contributed by atoms with Gasteiger partial charge in [-0.05, 0) is 24.8 Å². The van der Waals surface area contributed by atoms with Gasteiger partial charge in [-0.15, -0.1) is 0 Å². The van der Waals surface area contributed by atoms with Crippen molar-refractivity contribution in [1.29, 1.82) is 0 Å². The van der Waals surface area contributed by atoms with Crippen LogP contribution in [0.15, 0.2) is 0 Å². The maximum atomic E-state index is 5.56. The first-order valence-electron chi connectivity index (χ1n) is 8.96. The maximum Gasteiger partial charge on any atom is -0.00773 e. The second kappa shape index (κ2) is 14.4. The quantitative estimate of drug-likeness (QED) is 0.389. The van der Waals surface area contributed by atoms with E-state index in [9.17, 15) is 0 Å². The van der Waals surface area contributed by atoms with E-state index < -0.39 is 0 Å². The van der Waals surface area contributed by atoms with Crippen molar-refractivity contribution in [3.05, 3.63) is 0 Å². The Balaban J connectivity index is 3.74. The van der Waals surface area contributed by atoms with E-state index in [0.29, 0.717) is 0 Å². The normalized spacial score (nSPS) is 14.5. The Morgan fingerprint density at radius 3 is 1.95 bits per heavy atom. The Kier molecular flexibility index (Phi) is 14.3. The van der Waals surface area contributed by atoms with Crippen molar-refractivity contribution >= 4 is 0 Å². The third kappa shape index (κ3) is 11.5.